The van der Waals surface area contributed by atoms with Gasteiger partial charge in [-0.05, 0) is 33.1 Å². The smallest absolute Gasteiger partial charge is 0.299 e. The average Bonchev–Trinajstić information content (AvgIpc) is 2.11. The lowest BCUT2D eigenvalue weighted by Crippen LogP contribution is -2.41. The third-order valence-electron chi connectivity index (χ3n) is 3.13. The van der Waals surface area contributed by atoms with E-state index < -0.39 is 18.8 Å². The first kappa shape index (κ1) is 14.9. The standard InChI is InChI=1S/C13H25O3P/c1-11(2,3)9-8-10-17(14)15-12(4,5)13(6,7)16-17/h8-9H,10H2,1-7H3/b9-8-. The molecule has 0 radical (unpaired) electrons. The summed E-state index contributed by atoms with van der Waals surface area (Å²) in [6.07, 6.45) is 4.28. The zero-order valence-corrected chi connectivity index (χ0v) is 12.9. The Morgan fingerprint density at radius 3 is 1.82 bits per heavy atom. The van der Waals surface area contributed by atoms with E-state index in [-0.39, 0.29) is 5.41 Å². The molecule has 0 N–H and O–H groups in total. The van der Waals surface area contributed by atoms with Crippen LogP contribution in [0.25, 0.3) is 0 Å². The highest BCUT2D eigenvalue weighted by molar-refractivity contribution is 7.54. The number of hydrogen-bond acceptors (Lipinski definition) is 3. The molecular weight excluding hydrogens is 235 g/mol. The zero-order valence-electron chi connectivity index (χ0n) is 12.0. The van der Waals surface area contributed by atoms with Crippen molar-refractivity contribution in [2.45, 2.75) is 59.7 Å². The molecule has 1 fully saturated rings. The van der Waals surface area contributed by atoms with Gasteiger partial charge < -0.3 is 0 Å². The largest absolute Gasteiger partial charge is 0.335 e. The van der Waals surface area contributed by atoms with Crippen LogP contribution in [0.15, 0.2) is 12.2 Å². The average molecular weight is 260 g/mol. The van der Waals surface area contributed by atoms with Crippen molar-refractivity contribution in [3.05, 3.63) is 12.2 Å². The lowest BCUT2D eigenvalue weighted by Gasteiger charge is -2.29. The van der Waals surface area contributed by atoms with Crippen molar-refractivity contribution < 1.29 is 13.6 Å². The molecule has 1 rings (SSSR count). The van der Waals surface area contributed by atoms with E-state index in [1.807, 2.05) is 39.8 Å². The Kier molecular flexibility index (Phi) is 3.71. The molecule has 3 nitrogen and oxygen atoms in total. The van der Waals surface area contributed by atoms with Gasteiger partial charge in [-0.25, -0.2) is 0 Å². The Morgan fingerprint density at radius 1 is 1.06 bits per heavy atom. The van der Waals surface area contributed by atoms with Crippen LogP contribution in [-0.4, -0.2) is 17.4 Å². The number of rotatable bonds is 2. The molecule has 1 heterocycles. The molecule has 17 heavy (non-hydrogen) atoms. The van der Waals surface area contributed by atoms with Crippen molar-refractivity contribution in [2.75, 3.05) is 6.16 Å². The summed E-state index contributed by atoms with van der Waals surface area (Å²) in [6.45, 7) is 14.0. The lowest BCUT2D eigenvalue weighted by molar-refractivity contribution is 0.00578. The fourth-order valence-electron chi connectivity index (χ4n) is 1.54. The molecule has 4 heteroatoms. The molecule has 1 aliphatic heterocycles. The molecule has 0 aromatic rings. The Bertz CT molecular complexity index is 341. The van der Waals surface area contributed by atoms with E-state index in [2.05, 4.69) is 20.8 Å². The SMILES string of the molecule is CC(C)(C)/C=C\CP1(=O)OC(C)(C)C(C)(C)O1. The summed E-state index contributed by atoms with van der Waals surface area (Å²) in [5.41, 5.74) is -0.944. The summed E-state index contributed by atoms with van der Waals surface area (Å²) in [5, 5.41) is 0. The topological polar surface area (TPSA) is 35.5 Å². The van der Waals surface area contributed by atoms with E-state index in [0.29, 0.717) is 6.16 Å². The van der Waals surface area contributed by atoms with Crippen molar-refractivity contribution in [2.24, 2.45) is 5.41 Å². The van der Waals surface area contributed by atoms with Crippen molar-refractivity contribution in [1.29, 1.82) is 0 Å². The summed E-state index contributed by atoms with van der Waals surface area (Å²) in [7, 11) is -2.99. The van der Waals surface area contributed by atoms with Crippen LogP contribution < -0.4 is 0 Å². The fourth-order valence-corrected chi connectivity index (χ4v) is 3.92. The Morgan fingerprint density at radius 2 is 1.47 bits per heavy atom. The van der Waals surface area contributed by atoms with Crippen molar-refractivity contribution in [3.63, 3.8) is 0 Å². The van der Waals surface area contributed by atoms with Gasteiger partial charge in [0.25, 0.3) is 0 Å². The molecule has 0 amide bonds. The van der Waals surface area contributed by atoms with Crippen molar-refractivity contribution in [3.8, 4) is 0 Å². The Hall–Kier alpha value is -0.110. The van der Waals surface area contributed by atoms with Gasteiger partial charge in [0, 0.05) is 0 Å². The fraction of sp³-hybridized carbons (Fsp3) is 0.846. The molecule has 0 atom stereocenters. The maximum Gasteiger partial charge on any atom is 0.335 e. The molecule has 0 aliphatic carbocycles. The van der Waals surface area contributed by atoms with Crippen LogP contribution in [0.2, 0.25) is 0 Å². The minimum Gasteiger partial charge on any atom is -0.299 e. The predicted octanol–water partition coefficient (Wildman–Crippen LogP) is 4.39. The Balaban J connectivity index is 2.75. The summed E-state index contributed by atoms with van der Waals surface area (Å²) < 4.78 is 23.7. The maximum absolute atomic E-state index is 12.4. The van der Waals surface area contributed by atoms with E-state index in [0.717, 1.165) is 0 Å². The van der Waals surface area contributed by atoms with Gasteiger partial charge in [0.05, 0.1) is 6.16 Å². The molecular formula is C13H25O3P. The van der Waals surface area contributed by atoms with E-state index in [1.54, 1.807) is 0 Å². The third kappa shape index (κ3) is 3.67. The van der Waals surface area contributed by atoms with Gasteiger partial charge in [-0.3, -0.25) is 13.6 Å². The maximum atomic E-state index is 12.4. The Labute approximate surface area is 105 Å². The van der Waals surface area contributed by atoms with Crippen LogP contribution in [0.4, 0.5) is 0 Å². The molecule has 0 aromatic carbocycles. The zero-order chi connectivity index (χ0) is 13.5. The number of hydrogen-bond donors (Lipinski definition) is 0. The van der Waals surface area contributed by atoms with Crippen LogP contribution in [0.5, 0.6) is 0 Å². The molecule has 0 spiro atoms. The molecule has 100 valence electrons. The predicted molar refractivity (Wildman–Crippen MR) is 71.4 cm³/mol. The molecule has 0 saturated carbocycles. The van der Waals surface area contributed by atoms with Crippen LogP contribution in [-0.2, 0) is 13.6 Å². The number of allylic oxidation sites excluding steroid dienone is 2. The first-order valence-electron chi connectivity index (χ1n) is 6.05. The quantitative estimate of drug-likeness (QED) is 0.545. The van der Waals surface area contributed by atoms with Crippen LogP contribution in [0, 0.1) is 5.41 Å². The van der Waals surface area contributed by atoms with Gasteiger partial charge in [-0.2, -0.15) is 0 Å². The van der Waals surface area contributed by atoms with Crippen molar-refractivity contribution in [1.82, 2.24) is 0 Å². The summed E-state index contributed by atoms with van der Waals surface area (Å²) in [5.74, 6) is 0. The second-order valence-electron chi connectivity index (χ2n) is 6.77. The summed E-state index contributed by atoms with van der Waals surface area (Å²) in [6, 6.07) is 0. The van der Waals surface area contributed by atoms with Crippen molar-refractivity contribution >= 4 is 7.60 Å². The van der Waals surface area contributed by atoms with E-state index in [1.165, 1.54) is 0 Å². The minimum atomic E-state index is -2.99. The van der Waals surface area contributed by atoms with Crippen LogP contribution in [0.1, 0.15) is 48.5 Å². The first-order valence-corrected chi connectivity index (χ1v) is 7.78. The normalized spacial score (nSPS) is 26.5. The van der Waals surface area contributed by atoms with Gasteiger partial charge in [0.1, 0.15) is 11.2 Å². The molecule has 0 unspecified atom stereocenters. The third-order valence-corrected chi connectivity index (χ3v) is 5.26. The monoisotopic (exact) mass is 260 g/mol. The van der Waals surface area contributed by atoms with Gasteiger partial charge in [0.15, 0.2) is 0 Å². The first-order chi connectivity index (χ1) is 7.37. The van der Waals surface area contributed by atoms with Gasteiger partial charge in [-0.15, -0.1) is 0 Å². The highest BCUT2D eigenvalue weighted by Gasteiger charge is 2.54. The van der Waals surface area contributed by atoms with Gasteiger partial charge in [0.2, 0.25) is 0 Å². The molecule has 0 aromatic heterocycles. The molecule has 1 saturated heterocycles. The van der Waals surface area contributed by atoms with Gasteiger partial charge >= 0.3 is 7.60 Å². The highest BCUT2D eigenvalue weighted by atomic mass is 31.2. The van der Waals surface area contributed by atoms with Crippen LogP contribution in [0.3, 0.4) is 0 Å². The van der Waals surface area contributed by atoms with E-state index >= 15 is 0 Å². The lowest BCUT2D eigenvalue weighted by atomic mass is 9.90. The molecule has 1 aliphatic rings. The van der Waals surface area contributed by atoms with Gasteiger partial charge in [-0.1, -0.05) is 32.9 Å². The minimum absolute atomic E-state index is 0.0872. The highest BCUT2D eigenvalue weighted by Crippen LogP contribution is 2.63. The molecule has 0 bridgehead atoms. The summed E-state index contributed by atoms with van der Waals surface area (Å²) in [4.78, 5) is 0. The second kappa shape index (κ2) is 4.22. The second-order valence-corrected chi connectivity index (χ2v) is 8.72. The van der Waals surface area contributed by atoms with E-state index in [9.17, 15) is 4.57 Å². The van der Waals surface area contributed by atoms with E-state index in [4.69, 9.17) is 9.05 Å². The summed E-state index contributed by atoms with van der Waals surface area (Å²) >= 11 is 0. The van der Waals surface area contributed by atoms with Crippen LogP contribution >= 0.6 is 7.60 Å².